The van der Waals surface area contributed by atoms with Crippen LogP contribution >= 0.6 is 0 Å². The van der Waals surface area contributed by atoms with Gasteiger partial charge in [-0.15, -0.1) is 10.2 Å². The predicted octanol–water partition coefficient (Wildman–Crippen LogP) is 3.60. The molecule has 8 heteroatoms. The van der Waals surface area contributed by atoms with E-state index in [1.807, 2.05) is 0 Å². The van der Waals surface area contributed by atoms with Crippen LogP contribution in [0.4, 0.5) is 11.5 Å². The number of azo groups is 1. The molecule has 2 N–H and O–H groups in total. The van der Waals surface area contributed by atoms with Crippen molar-refractivity contribution < 1.29 is 18.1 Å². The maximum absolute atomic E-state index is 11.6. The number of hydrogen-bond acceptors (Lipinski definition) is 6. The lowest BCUT2D eigenvalue weighted by atomic mass is 10.1. The molecule has 23 heavy (non-hydrogen) atoms. The van der Waals surface area contributed by atoms with E-state index < -0.39 is 10.1 Å². The van der Waals surface area contributed by atoms with Crippen LogP contribution in [0.2, 0.25) is 0 Å². The van der Waals surface area contributed by atoms with Crippen LogP contribution in [-0.2, 0) is 10.1 Å². The van der Waals surface area contributed by atoms with Crippen LogP contribution in [0.25, 0.3) is 10.8 Å². The maximum atomic E-state index is 11.6. The smallest absolute Gasteiger partial charge is 0.295 e. The molecule has 0 unspecified atom stereocenters. The van der Waals surface area contributed by atoms with Gasteiger partial charge in [-0.3, -0.25) is 4.55 Å². The number of phenols is 1. The summed E-state index contributed by atoms with van der Waals surface area (Å²) in [5, 5.41) is 18.4. The van der Waals surface area contributed by atoms with Crippen LogP contribution in [-0.4, -0.2) is 23.1 Å². The molecule has 0 aliphatic rings. The van der Waals surface area contributed by atoms with Crippen LogP contribution in [0.3, 0.4) is 0 Å². The highest BCUT2D eigenvalue weighted by atomic mass is 32.2. The Kier molecular flexibility index (Phi) is 3.77. The van der Waals surface area contributed by atoms with Crippen molar-refractivity contribution >= 4 is 32.4 Å². The lowest BCUT2D eigenvalue weighted by molar-refractivity contribution is 0.480. The molecule has 1 heterocycles. The third-order valence-corrected chi connectivity index (χ3v) is 4.04. The Bertz CT molecular complexity index is 1000. The SMILES string of the molecule is O=S(=O)(O)c1cc(N=Nc2ccccn2)c(O)c2ccccc12. The van der Waals surface area contributed by atoms with Crippen molar-refractivity contribution in [2.45, 2.75) is 4.90 Å². The van der Waals surface area contributed by atoms with E-state index in [1.165, 1.54) is 18.3 Å². The molecule has 7 nitrogen and oxygen atoms in total. The van der Waals surface area contributed by atoms with Crippen molar-refractivity contribution in [1.29, 1.82) is 0 Å². The highest BCUT2D eigenvalue weighted by molar-refractivity contribution is 7.86. The summed E-state index contributed by atoms with van der Waals surface area (Å²) in [7, 11) is -4.48. The summed E-state index contributed by atoms with van der Waals surface area (Å²) in [6.45, 7) is 0. The molecule has 0 aliphatic heterocycles. The van der Waals surface area contributed by atoms with Crippen molar-refractivity contribution in [3.05, 3.63) is 54.7 Å². The van der Waals surface area contributed by atoms with Crippen molar-refractivity contribution in [3.63, 3.8) is 0 Å². The number of pyridine rings is 1. The normalized spacial score (nSPS) is 12.0. The Hall–Kier alpha value is -2.84. The molecule has 0 saturated heterocycles. The summed E-state index contributed by atoms with van der Waals surface area (Å²) >= 11 is 0. The van der Waals surface area contributed by atoms with Gasteiger partial charge in [0.15, 0.2) is 11.6 Å². The molecule has 3 rings (SSSR count). The lowest BCUT2D eigenvalue weighted by Crippen LogP contribution is -1.99. The number of benzene rings is 2. The Morgan fingerprint density at radius 2 is 1.65 bits per heavy atom. The minimum absolute atomic E-state index is 0.0815. The molecule has 0 saturated carbocycles. The standard InChI is InChI=1S/C15H11N3O4S/c19-15-11-6-2-1-5-10(11)13(23(20,21)22)9-12(15)17-18-14-7-3-4-8-16-14/h1-9,19H,(H,20,21,22). The van der Waals surface area contributed by atoms with Crippen LogP contribution < -0.4 is 0 Å². The first kappa shape index (κ1) is 15.1. The average Bonchev–Trinajstić information content (AvgIpc) is 2.54. The minimum atomic E-state index is -4.48. The second kappa shape index (κ2) is 5.75. The van der Waals surface area contributed by atoms with E-state index in [0.29, 0.717) is 5.82 Å². The number of aromatic hydroxyl groups is 1. The molecule has 2 aromatic carbocycles. The van der Waals surface area contributed by atoms with Gasteiger partial charge in [0.25, 0.3) is 10.1 Å². The van der Waals surface area contributed by atoms with Crippen LogP contribution in [0.15, 0.2) is 69.9 Å². The molecule has 0 atom stereocenters. The predicted molar refractivity (Wildman–Crippen MR) is 83.8 cm³/mol. The van der Waals surface area contributed by atoms with E-state index in [2.05, 4.69) is 15.2 Å². The summed E-state index contributed by atoms with van der Waals surface area (Å²) in [5.74, 6) is 0.0705. The molecule has 3 aromatic rings. The number of hydrogen-bond donors (Lipinski definition) is 2. The van der Waals surface area contributed by atoms with E-state index in [0.717, 1.165) is 6.07 Å². The molecule has 116 valence electrons. The van der Waals surface area contributed by atoms with E-state index in [1.54, 1.807) is 30.3 Å². The lowest BCUT2D eigenvalue weighted by Gasteiger charge is -2.08. The molecule has 0 amide bonds. The number of fused-ring (bicyclic) bond motifs is 1. The topological polar surface area (TPSA) is 112 Å². The van der Waals surface area contributed by atoms with Gasteiger partial charge in [0.05, 0.1) is 0 Å². The van der Waals surface area contributed by atoms with Gasteiger partial charge in [-0.25, -0.2) is 4.98 Å². The van der Waals surface area contributed by atoms with Gasteiger partial charge in [-0.2, -0.15) is 8.42 Å². The van der Waals surface area contributed by atoms with E-state index in [-0.39, 0.29) is 27.1 Å². The first-order valence-corrected chi connectivity index (χ1v) is 7.96. The molecular formula is C15H11N3O4S. The fourth-order valence-corrected chi connectivity index (χ4v) is 2.84. The third-order valence-electron chi connectivity index (χ3n) is 3.15. The fraction of sp³-hybridized carbons (Fsp3) is 0. The number of aromatic nitrogens is 1. The second-order valence-corrected chi connectivity index (χ2v) is 6.04. The highest BCUT2D eigenvalue weighted by Crippen LogP contribution is 2.39. The van der Waals surface area contributed by atoms with Gasteiger partial charge in [0.2, 0.25) is 0 Å². The Labute approximate surface area is 131 Å². The van der Waals surface area contributed by atoms with E-state index in [9.17, 15) is 18.1 Å². The van der Waals surface area contributed by atoms with Crippen molar-refractivity contribution in [2.75, 3.05) is 0 Å². The Balaban J connectivity index is 2.22. The van der Waals surface area contributed by atoms with Gasteiger partial charge in [0, 0.05) is 17.0 Å². The van der Waals surface area contributed by atoms with Crippen molar-refractivity contribution in [3.8, 4) is 5.75 Å². The fourth-order valence-electron chi connectivity index (χ4n) is 2.12. The summed E-state index contributed by atoms with van der Waals surface area (Å²) in [6, 6.07) is 12.3. The van der Waals surface area contributed by atoms with Gasteiger partial charge in [-0.05, 0) is 18.2 Å². The van der Waals surface area contributed by atoms with Gasteiger partial charge in [0.1, 0.15) is 10.6 Å². The number of phenolic OH excluding ortho intramolecular Hbond substituents is 1. The van der Waals surface area contributed by atoms with E-state index >= 15 is 0 Å². The van der Waals surface area contributed by atoms with Crippen LogP contribution in [0.5, 0.6) is 5.75 Å². The van der Waals surface area contributed by atoms with Gasteiger partial charge in [-0.1, -0.05) is 30.3 Å². The summed E-state index contributed by atoms with van der Waals surface area (Å²) in [6.07, 6.45) is 1.53. The summed E-state index contributed by atoms with van der Waals surface area (Å²) < 4.78 is 32.5. The minimum Gasteiger partial charge on any atom is -0.505 e. The van der Waals surface area contributed by atoms with Crippen LogP contribution in [0, 0.1) is 0 Å². The molecular weight excluding hydrogens is 318 g/mol. The summed E-state index contributed by atoms with van der Waals surface area (Å²) in [4.78, 5) is 3.60. The molecule has 1 aromatic heterocycles. The first-order valence-electron chi connectivity index (χ1n) is 6.52. The Morgan fingerprint density at radius 3 is 2.30 bits per heavy atom. The Morgan fingerprint density at radius 1 is 0.957 bits per heavy atom. The van der Waals surface area contributed by atoms with Crippen molar-refractivity contribution in [2.24, 2.45) is 10.2 Å². The molecule has 0 spiro atoms. The van der Waals surface area contributed by atoms with Gasteiger partial charge >= 0.3 is 0 Å². The highest BCUT2D eigenvalue weighted by Gasteiger charge is 2.19. The quantitative estimate of drug-likeness (QED) is 0.563. The summed E-state index contributed by atoms with van der Waals surface area (Å²) in [5.41, 5.74) is -0.0815. The molecule has 0 bridgehead atoms. The van der Waals surface area contributed by atoms with Crippen LogP contribution in [0.1, 0.15) is 0 Å². The molecule has 0 aliphatic carbocycles. The largest absolute Gasteiger partial charge is 0.505 e. The first-order chi connectivity index (χ1) is 11.0. The number of nitrogens with zero attached hydrogens (tertiary/aromatic N) is 3. The molecule has 0 radical (unpaired) electrons. The monoisotopic (exact) mass is 329 g/mol. The maximum Gasteiger partial charge on any atom is 0.295 e. The zero-order chi connectivity index (χ0) is 16.4. The molecule has 0 fully saturated rings. The third kappa shape index (κ3) is 3.03. The van der Waals surface area contributed by atoms with Gasteiger partial charge < -0.3 is 5.11 Å². The number of rotatable bonds is 3. The average molecular weight is 329 g/mol. The second-order valence-electron chi connectivity index (χ2n) is 4.65. The van der Waals surface area contributed by atoms with Crippen molar-refractivity contribution in [1.82, 2.24) is 4.98 Å². The zero-order valence-electron chi connectivity index (χ0n) is 11.7. The zero-order valence-corrected chi connectivity index (χ0v) is 12.5. The van der Waals surface area contributed by atoms with E-state index in [4.69, 9.17) is 0 Å².